The molecule has 1 saturated heterocycles. The number of nitrogens with zero attached hydrogens (tertiary/aromatic N) is 1. The Hall–Kier alpha value is -0.490. The fraction of sp³-hybridized carbons (Fsp3) is 0.769. The molecule has 0 amide bonds. The van der Waals surface area contributed by atoms with E-state index in [4.69, 9.17) is 4.74 Å². The number of aryl methyl sites for hydroxylation is 1. The highest BCUT2D eigenvalue weighted by Gasteiger charge is 2.31. The van der Waals surface area contributed by atoms with Crippen molar-refractivity contribution in [1.29, 1.82) is 0 Å². The summed E-state index contributed by atoms with van der Waals surface area (Å²) in [6, 6.07) is 0. The highest BCUT2D eigenvalue weighted by atomic mass is 32.1. The molecule has 0 atom stereocenters. The first-order valence-electron chi connectivity index (χ1n) is 6.60. The van der Waals surface area contributed by atoms with Gasteiger partial charge in [-0.15, -0.1) is 11.3 Å². The van der Waals surface area contributed by atoms with E-state index < -0.39 is 0 Å². The fourth-order valence-corrected chi connectivity index (χ4v) is 2.99. The van der Waals surface area contributed by atoms with E-state index in [1.165, 1.54) is 5.01 Å². The molecule has 2 heterocycles. The third-order valence-corrected chi connectivity index (χ3v) is 4.64. The molecule has 0 unspecified atom stereocenters. The summed E-state index contributed by atoms with van der Waals surface area (Å²) in [4.78, 5) is 4.53. The Morgan fingerprint density at radius 1 is 1.50 bits per heavy atom. The van der Waals surface area contributed by atoms with Gasteiger partial charge < -0.3 is 15.2 Å². The van der Waals surface area contributed by atoms with E-state index in [0.717, 1.165) is 51.3 Å². The monoisotopic (exact) mass is 270 g/mol. The lowest BCUT2D eigenvalue weighted by atomic mass is 9.81. The Kier molecular flexibility index (Phi) is 5.12. The van der Waals surface area contributed by atoms with Gasteiger partial charge in [-0.3, -0.25) is 0 Å². The molecule has 1 fully saturated rings. The number of hydrogen-bond acceptors (Lipinski definition) is 5. The van der Waals surface area contributed by atoms with Crippen LogP contribution in [0.3, 0.4) is 0 Å². The minimum absolute atomic E-state index is 0.00184. The van der Waals surface area contributed by atoms with Crippen LogP contribution in [-0.4, -0.2) is 36.5 Å². The quantitative estimate of drug-likeness (QED) is 0.824. The summed E-state index contributed by atoms with van der Waals surface area (Å²) in [5.41, 5.74) is 1.11. The Bertz CT molecular complexity index is 362. The van der Waals surface area contributed by atoms with E-state index in [1.54, 1.807) is 11.3 Å². The number of thiazole rings is 1. The van der Waals surface area contributed by atoms with Crippen LogP contribution in [0.4, 0.5) is 0 Å². The third-order valence-electron chi connectivity index (χ3n) is 3.60. The summed E-state index contributed by atoms with van der Waals surface area (Å²) in [5, 5.41) is 16.3. The van der Waals surface area contributed by atoms with Gasteiger partial charge in [0.2, 0.25) is 0 Å². The number of hydrogen-bond donors (Lipinski definition) is 2. The van der Waals surface area contributed by atoms with Crippen LogP contribution in [0.25, 0.3) is 0 Å². The number of aliphatic hydroxyl groups is 1. The zero-order chi connectivity index (χ0) is 12.8. The van der Waals surface area contributed by atoms with Crippen molar-refractivity contribution >= 4 is 11.3 Å². The van der Waals surface area contributed by atoms with Crippen LogP contribution >= 0.6 is 11.3 Å². The molecular formula is C13H22N2O2S. The average Bonchev–Trinajstić information content (AvgIpc) is 2.88. The lowest BCUT2D eigenvalue weighted by Gasteiger charge is -2.35. The number of ether oxygens (including phenoxy) is 1. The molecule has 0 aromatic carbocycles. The first-order valence-corrected chi connectivity index (χ1v) is 7.48. The van der Waals surface area contributed by atoms with Gasteiger partial charge in [-0.2, -0.15) is 0 Å². The molecule has 2 N–H and O–H groups in total. The molecule has 1 aliphatic rings. The molecule has 0 radical (unpaired) electrons. The van der Waals surface area contributed by atoms with E-state index in [2.05, 4.69) is 22.6 Å². The van der Waals surface area contributed by atoms with Gasteiger partial charge in [-0.25, -0.2) is 4.98 Å². The van der Waals surface area contributed by atoms with Crippen molar-refractivity contribution in [2.24, 2.45) is 5.41 Å². The molecule has 1 aliphatic heterocycles. The van der Waals surface area contributed by atoms with Crippen LogP contribution < -0.4 is 5.32 Å². The van der Waals surface area contributed by atoms with E-state index in [1.807, 2.05) is 0 Å². The molecule has 1 aromatic heterocycles. The van der Waals surface area contributed by atoms with Crippen LogP contribution in [0.2, 0.25) is 0 Å². The van der Waals surface area contributed by atoms with E-state index in [0.29, 0.717) is 0 Å². The normalized spacial score (nSPS) is 19.0. The lowest BCUT2D eigenvalue weighted by Crippen LogP contribution is -2.41. The van der Waals surface area contributed by atoms with E-state index in [-0.39, 0.29) is 12.0 Å². The van der Waals surface area contributed by atoms with Crippen LogP contribution in [0.5, 0.6) is 0 Å². The molecule has 1 aromatic rings. The second-order valence-corrected chi connectivity index (χ2v) is 5.90. The van der Waals surface area contributed by atoms with Gasteiger partial charge in [0.05, 0.1) is 17.3 Å². The largest absolute Gasteiger partial charge is 0.396 e. The summed E-state index contributed by atoms with van der Waals surface area (Å²) in [6.07, 6.45) is 2.88. The molecule has 0 saturated carbocycles. The Morgan fingerprint density at radius 3 is 2.89 bits per heavy atom. The van der Waals surface area contributed by atoms with Crippen LogP contribution in [-0.2, 0) is 17.7 Å². The molecule has 2 rings (SSSR count). The predicted octanol–water partition coefficient (Wildman–Crippen LogP) is 1.58. The maximum atomic E-state index is 9.57. The smallest absolute Gasteiger partial charge is 0.0926 e. The van der Waals surface area contributed by atoms with Crippen molar-refractivity contribution in [3.8, 4) is 0 Å². The standard InChI is InChI=1S/C13H22N2O2S/c1-2-12-15-11(8-18-12)7-14-9-13(10-16)3-5-17-6-4-13/h8,14,16H,2-7,9-10H2,1H3. The van der Waals surface area contributed by atoms with Crippen molar-refractivity contribution in [3.63, 3.8) is 0 Å². The second-order valence-electron chi connectivity index (χ2n) is 4.96. The molecular weight excluding hydrogens is 248 g/mol. The zero-order valence-corrected chi connectivity index (χ0v) is 11.8. The molecule has 18 heavy (non-hydrogen) atoms. The highest BCUT2D eigenvalue weighted by molar-refractivity contribution is 7.09. The van der Waals surface area contributed by atoms with Crippen LogP contribution in [0.15, 0.2) is 5.38 Å². The van der Waals surface area contributed by atoms with Gasteiger partial charge in [-0.05, 0) is 19.3 Å². The molecule has 0 bridgehead atoms. The van der Waals surface area contributed by atoms with Gasteiger partial charge in [0.25, 0.3) is 0 Å². The fourth-order valence-electron chi connectivity index (χ4n) is 2.24. The van der Waals surface area contributed by atoms with Crippen molar-refractivity contribution in [3.05, 3.63) is 16.1 Å². The number of aliphatic hydroxyl groups excluding tert-OH is 1. The number of nitrogens with one attached hydrogen (secondary N) is 1. The van der Waals surface area contributed by atoms with Gasteiger partial charge >= 0.3 is 0 Å². The molecule has 0 aliphatic carbocycles. The molecule has 102 valence electrons. The van der Waals surface area contributed by atoms with Crippen molar-refractivity contribution in [1.82, 2.24) is 10.3 Å². The summed E-state index contributed by atoms with van der Waals surface area (Å²) in [5.74, 6) is 0. The van der Waals surface area contributed by atoms with Crippen LogP contribution in [0, 0.1) is 5.41 Å². The van der Waals surface area contributed by atoms with Gasteiger partial charge in [0.15, 0.2) is 0 Å². The van der Waals surface area contributed by atoms with Gasteiger partial charge in [0, 0.05) is 37.1 Å². The summed E-state index contributed by atoms with van der Waals surface area (Å²) in [6.45, 7) is 5.52. The molecule has 0 spiro atoms. The Morgan fingerprint density at radius 2 is 2.28 bits per heavy atom. The second kappa shape index (κ2) is 6.61. The highest BCUT2D eigenvalue weighted by Crippen LogP contribution is 2.29. The van der Waals surface area contributed by atoms with Crippen molar-refractivity contribution < 1.29 is 9.84 Å². The summed E-state index contributed by atoms with van der Waals surface area (Å²) in [7, 11) is 0. The summed E-state index contributed by atoms with van der Waals surface area (Å²) >= 11 is 1.72. The van der Waals surface area contributed by atoms with Crippen molar-refractivity contribution in [2.45, 2.75) is 32.7 Å². The molecule has 4 nitrogen and oxygen atoms in total. The Labute approximate surface area is 112 Å². The number of rotatable bonds is 6. The first-order chi connectivity index (χ1) is 8.78. The minimum atomic E-state index is 0.00184. The Balaban J connectivity index is 1.79. The number of aromatic nitrogens is 1. The minimum Gasteiger partial charge on any atom is -0.396 e. The average molecular weight is 270 g/mol. The maximum absolute atomic E-state index is 9.57. The maximum Gasteiger partial charge on any atom is 0.0926 e. The predicted molar refractivity (Wildman–Crippen MR) is 72.8 cm³/mol. The lowest BCUT2D eigenvalue weighted by molar-refractivity contribution is -0.0154. The van der Waals surface area contributed by atoms with Crippen molar-refractivity contribution in [2.75, 3.05) is 26.4 Å². The topological polar surface area (TPSA) is 54.4 Å². The van der Waals surface area contributed by atoms with Gasteiger partial charge in [-0.1, -0.05) is 6.92 Å². The molecule has 5 heteroatoms. The van der Waals surface area contributed by atoms with Crippen LogP contribution in [0.1, 0.15) is 30.5 Å². The van der Waals surface area contributed by atoms with Gasteiger partial charge in [0.1, 0.15) is 0 Å². The first kappa shape index (κ1) is 13.9. The zero-order valence-electron chi connectivity index (χ0n) is 10.9. The SMILES string of the molecule is CCc1nc(CNCC2(CO)CCOCC2)cs1. The van der Waals surface area contributed by atoms with E-state index in [9.17, 15) is 5.11 Å². The summed E-state index contributed by atoms with van der Waals surface area (Å²) < 4.78 is 5.36. The third kappa shape index (κ3) is 3.51. The van der Waals surface area contributed by atoms with E-state index >= 15 is 0 Å².